The van der Waals surface area contributed by atoms with Crippen molar-refractivity contribution in [2.75, 3.05) is 19.5 Å². The van der Waals surface area contributed by atoms with Gasteiger partial charge in [0.15, 0.2) is 10.3 Å². The number of nitrogens with one attached hydrogen (secondary N) is 1. The van der Waals surface area contributed by atoms with Crippen molar-refractivity contribution >= 4 is 74.9 Å². The molecule has 5 aromatic rings. The molecule has 1 N–H and O–H groups in total. The number of fused-ring (bicyclic) bond motifs is 4. The monoisotopic (exact) mass is 414 g/mol. The average molecular weight is 415 g/mol. The number of hydrogen-bond acceptors (Lipinski definition) is 9. The summed E-state index contributed by atoms with van der Waals surface area (Å²) in [5, 5.41) is 5.99. The van der Waals surface area contributed by atoms with Gasteiger partial charge in [-0.25, -0.2) is 15.0 Å². The SMILES string of the molecule is COc1cc(OC)c2nc(Nc3nc4ccc5nc(C)sc5c4s3)sc2c1. The molecule has 0 atom stereocenters. The van der Waals surface area contributed by atoms with Gasteiger partial charge in [-0.2, -0.15) is 0 Å². The Balaban J connectivity index is 1.57. The fourth-order valence-electron chi connectivity index (χ4n) is 2.93. The molecule has 5 rings (SSSR count). The van der Waals surface area contributed by atoms with E-state index in [1.165, 1.54) is 4.70 Å². The quantitative estimate of drug-likeness (QED) is 0.414. The van der Waals surface area contributed by atoms with E-state index in [-0.39, 0.29) is 0 Å². The smallest absolute Gasteiger partial charge is 0.190 e. The highest BCUT2D eigenvalue weighted by atomic mass is 32.1. The van der Waals surface area contributed by atoms with Crippen LogP contribution in [0.3, 0.4) is 0 Å². The zero-order chi connectivity index (χ0) is 18.5. The highest BCUT2D eigenvalue weighted by Gasteiger charge is 2.14. The second kappa shape index (κ2) is 6.29. The van der Waals surface area contributed by atoms with Gasteiger partial charge in [0.25, 0.3) is 0 Å². The number of benzene rings is 2. The van der Waals surface area contributed by atoms with Gasteiger partial charge in [0.1, 0.15) is 17.0 Å². The first kappa shape index (κ1) is 16.7. The van der Waals surface area contributed by atoms with E-state index in [0.29, 0.717) is 5.75 Å². The molecule has 0 spiro atoms. The summed E-state index contributed by atoms with van der Waals surface area (Å²) in [5.74, 6) is 1.44. The lowest BCUT2D eigenvalue weighted by Crippen LogP contribution is -1.89. The Bertz CT molecular complexity index is 1300. The first-order valence-electron chi connectivity index (χ1n) is 8.11. The molecule has 0 aliphatic rings. The Hall–Kier alpha value is -2.49. The summed E-state index contributed by atoms with van der Waals surface area (Å²) < 4.78 is 14.1. The maximum absolute atomic E-state index is 5.45. The van der Waals surface area contributed by atoms with E-state index in [1.807, 2.05) is 31.2 Å². The largest absolute Gasteiger partial charge is 0.497 e. The molecular weight excluding hydrogens is 400 g/mol. The molecule has 6 nitrogen and oxygen atoms in total. The lowest BCUT2D eigenvalue weighted by Gasteiger charge is -2.03. The average Bonchev–Trinajstić information content (AvgIpc) is 3.35. The highest BCUT2D eigenvalue weighted by Crippen LogP contribution is 2.40. The molecule has 0 unspecified atom stereocenters. The van der Waals surface area contributed by atoms with Gasteiger partial charge in [-0.15, -0.1) is 11.3 Å². The van der Waals surface area contributed by atoms with Crippen molar-refractivity contribution in [1.29, 1.82) is 0 Å². The molecule has 2 aromatic carbocycles. The van der Waals surface area contributed by atoms with Gasteiger partial charge in [0.05, 0.1) is 44.4 Å². The lowest BCUT2D eigenvalue weighted by molar-refractivity contribution is 0.397. The van der Waals surface area contributed by atoms with Gasteiger partial charge in [0.2, 0.25) is 0 Å². The van der Waals surface area contributed by atoms with E-state index >= 15 is 0 Å². The summed E-state index contributed by atoms with van der Waals surface area (Å²) in [4.78, 5) is 13.9. The van der Waals surface area contributed by atoms with E-state index in [1.54, 1.807) is 48.2 Å². The molecule has 0 aliphatic heterocycles. The van der Waals surface area contributed by atoms with Crippen LogP contribution in [0.4, 0.5) is 10.3 Å². The minimum Gasteiger partial charge on any atom is -0.497 e. The van der Waals surface area contributed by atoms with Crippen molar-refractivity contribution in [2.24, 2.45) is 0 Å². The summed E-state index contributed by atoms with van der Waals surface area (Å²) in [6.45, 7) is 2.03. The number of thiazole rings is 3. The van der Waals surface area contributed by atoms with Crippen molar-refractivity contribution in [3.05, 3.63) is 29.3 Å². The van der Waals surface area contributed by atoms with Gasteiger partial charge >= 0.3 is 0 Å². The summed E-state index contributed by atoms with van der Waals surface area (Å²) in [5.41, 5.74) is 2.81. The highest BCUT2D eigenvalue weighted by molar-refractivity contribution is 7.29. The van der Waals surface area contributed by atoms with Crippen molar-refractivity contribution in [3.8, 4) is 11.5 Å². The Kier molecular flexibility index (Phi) is 3.88. The van der Waals surface area contributed by atoms with E-state index in [0.717, 1.165) is 47.0 Å². The number of rotatable bonds is 4. The van der Waals surface area contributed by atoms with Gasteiger partial charge in [-0.1, -0.05) is 22.7 Å². The number of hydrogen-bond donors (Lipinski definition) is 1. The van der Waals surface area contributed by atoms with E-state index in [2.05, 4.69) is 15.3 Å². The van der Waals surface area contributed by atoms with E-state index in [9.17, 15) is 0 Å². The second-order valence-corrected chi connectivity index (χ2v) is 9.07. The first-order chi connectivity index (χ1) is 13.1. The fourth-order valence-corrected chi connectivity index (χ4v) is 5.91. The first-order valence-corrected chi connectivity index (χ1v) is 10.6. The van der Waals surface area contributed by atoms with E-state index in [4.69, 9.17) is 14.5 Å². The molecule has 27 heavy (non-hydrogen) atoms. The molecule has 0 radical (unpaired) electrons. The Morgan fingerprint density at radius 2 is 1.59 bits per heavy atom. The van der Waals surface area contributed by atoms with Crippen molar-refractivity contribution in [3.63, 3.8) is 0 Å². The molecule has 0 bridgehead atoms. The van der Waals surface area contributed by atoms with Crippen LogP contribution in [0.2, 0.25) is 0 Å². The van der Waals surface area contributed by atoms with Gasteiger partial charge in [-0.3, -0.25) is 0 Å². The zero-order valence-electron chi connectivity index (χ0n) is 14.7. The summed E-state index contributed by atoms with van der Waals surface area (Å²) in [6, 6.07) is 7.85. The molecule has 0 fully saturated rings. The standard InChI is InChI=1S/C18H14N4O2S3/c1-8-19-10-4-5-11-16(15(10)25-8)27-17(20-11)22-18-21-14-12(24-3)6-9(23-2)7-13(14)26-18/h4-7H,1-3H3,(H,20,21,22). The van der Waals surface area contributed by atoms with Crippen molar-refractivity contribution in [1.82, 2.24) is 15.0 Å². The molecule has 0 aliphatic carbocycles. The number of ether oxygens (including phenoxy) is 2. The third-order valence-corrected chi connectivity index (χ3v) is 7.18. The molecular formula is C18H14N4O2S3. The number of methoxy groups -OCH3 is 2. The predicted octanol–water partition coefficient (Wildman–Crippen LogP) is 5.58. The van der Waals surface area contributed by atoms with Crippen LogP contribution in [0.25, 0.3) is 30.6 Å². The van der Waals surface area contributed by atoms with Crippen LogP contribution in [0.1, 0.15) is 5.01 Å². The van der Waals surface area contributed by atoms with Crippen LogP contribution in [-0.4, -0.2) is 29.2 Å². The van der Waals surface area contributed by atoms with Crippen LogP contribution >= 0.6 is 34.0 Å². The number of anilines is 2. The van der Waals surface area contributed by atoms with Crippen LogP contribution in [-0.2, 0) is 0 Å². The van der Waals surface area contributed by atoms with Gasteiger partial charge < -0.3 is 14.8 Å². The summed E-state index contributed by atoms with van der Waals surface area (Å²) in [6.07, 6.45) is 0. The number of aryl methyl sites for hydroxylation is 1. The minimum absolute atomic E-state index is 0.694. The lowest BCUT2D eigenvalue weighted by atomic mass is 10.3. The number of aromatic nitrogens is 3. The summed E-state index contributed by atoms with van der Waals surface area (Å²) in [7, 11) is 3.28. The Morgan fingerprint density at radius 1 is 0.852 bits per heavy atom. The normalized spacial score (nSPS) is 11.5. The van der Waals surface area contributed by atoms with Crippen molar-refractivity contribution in [2.45, 2.75) is 6.92 Å². The Labute approximate surface area is 166 Å². The number of nitrogens with zero attached hydrogens (tertiary/aromatic N) is 3. The molecule has 3 heterocycles. The van der Waals surface area contributed by atoms with Crippen LogP contribution in [0.5, 0.6) is 11.5 Å². The molecule has 3 aromatic heterocycles. The Morgan fingerprint density at radius 3 is 2.37 bits per heavy atom. The van der Waals surface area contributed by atoms with Crippen LogP contribution in [0, 0.1) is 6.92 Å². The van der Waals surface area contributed by atoms with E-state index < -0.39 is 0 Å². The summed E-state index contributed by atoms with van der Waals surface area (Å²) >= 11 is 4.87. The molecule has 0 amide bonds. The molecule has 136 valence electrons. The topological polar surface area (TPSA) is 69.2 Å². The fraction of sp³-hybridized carbons (Fsp3) is 0.167. The third-order valence-electron chi connectivity index (χ3n) is 4.12. The third kappa shape index (κ3) is 2.78. The second-order valence-electron chi connectivity index (χ2n) is 5.83. The molecule has 0 saturated carbocycles. The van der Waals surface area contributed by atoms with Crippen LogP contribution < -0.4 is 14.8 Å². The maximum atomic E-state index is 5.45. The molecule has 9 heteroatoms. The minimum atomic E-state index is 0.694. The van der Waals surface area contributed by atoms with Crippen molar-refractivity contribution < 1.29 is 9.47 Å². The van der Waals surface area contributed by atoms with Gasteiger partial charge in [0, 0.05) is 6.07 Å². The predicted molar refractivity (Wildman–Crippen MR) is 114 cm³/mol. The maximum Gasteiger partial charge on any atom is 0.190 e. The van der Waals surface area contributed by atoms with Gasteiger partial charge in [-0.05, 0) is 25.1 Å². The molecule has 0 saturated heterocycles. The zero-order valence-corrected chi connectivity index (χ0v) is 17.1. The van der Waals surface area contributed by atoms with Crippen LogP contribution in [0.15, 0.2) is 24.3 Å².